The molecule has 2 amide bonds. The first kappa shape index (κ1) is 19.3. The normalized spacial score (nSPS) is 15.8. The summed E-state index contributed by atoms with van der Waals surface area (Å²) in [5.74, 6) is -1.35. The van der Waals surface area contributed by atoms with E-state index in [2.05, 4.69) is 26.2 Å². The highest BCUT2D eigenvalue weighted by molar-refractivity contribution is 9.10. The average Bonchev–Trinajstić information content (AvgIpc) is 3.11. The van der Waals surface area contributed by atoms with Crippen LogP contribution in [0.15, 0.2) is 28.9 Å². The van der Waals surface area contributed by atoms with Gasteiger partial charge in [-0.3, -0.25) is 9.59 Å². The minimum Gasteiger partial charge on any atom is -0.364 e. The van der Waals surface area contributed by atoms with Crippen molar-refractivity contribution in [2.45, 2.75) is 25.1 Å². The molecule has 2 N–H and O–H groups in total. The monoisotopic (exact) mass is 445 g/mol. The second kappa shape index (κ2) is 7.29. The van der Waals surface area contributed by atoms with Gasteiger partial charge in [-0.2, -0.15) is 13.2 Å². The van der Waals surface area contributed by atoms with E-state index in [-0.39, 0.29) is 34.9 Å². The molecular weight excluding hydrogens is 431 g/mol. The Bertz CT molecular complexity index is 875. The number of benzene rings is 1. The standard InChI is InChI=1S/C16H15BrF3N5O2/c17-9-1-2-11(12(7-9)16(18,19)20)15(27)24-5-3-10(4-6-24)25-8-13(14(21)26)22-23-25/h1-2,7-8,10H,3-6H2,(H2,21,26). The summed E-state index contributed by atoms with van der Waals surface area (Å²) in [7, 11) is 0. The first-order valence-corrected chi connectivity index (χ1v) is 8.84. The molecule has 0 aliphatic carbocycles. The SMILES string of the molecule is NC(=O)c1cn(C2CCN(C(=O)c3ccc(Br)cc3C(F)(F)F)CC2)nn1. The first-order valence-electron chi connectivity index (χ1n) is 8.04. The van der Waals surface area contributed by atoms with Crippen molar-refractivity contribution in [3.05, 3.63) is 45.7 Å². The minimum atomic E-state index is -4.63. The van der Waals surface area contributed by atoms with Crippen molar-refractivity contribution in [1.29, 1.82) is 0 Å². The van der Waals surface area contributed by atoms with E-state index < -0.39 is 23.6 Å². The predicted octanol–water partition coefficient (Wildman–Crippen LogP) is 2.64. The largest absolute Gasteiger partial charge is 0.417 e. The molecule has 1 saturated heterocycles. The highest BCUT2D eigenvalue weighted by Gasteiger charge is 2.37. The number of amides is 2. The van der Waals surface area contributed by atoms with E-state index in [0.717, 1.165) is 6.07 Å². The fourth-order valence-electron chi connectivity index (χ4n) is 3.01. The number of hydrogen-bond acceptors (Lipinski definition) is 4. The number of hydrogen-bond donors (Lipinski definition) is 1. The zero-order valence-corrected chi connectivity index (χ0v) is 15.5. The van der Waals surface area contributed by atoms with Crippen molar-refractivity contribution in [3.8, 4) is 0 Å². The lowest BCUT2D eigenvalue weighted by molar-refractivity contribution is -0.138. The Kier molecular flexibility index (Phi) is 5.22. The predicted molar refractivity (Wildman–Crippen MR) is 91.9 cm³/mol. The second-order valence-electron chi connectivity index (χ2n) is 6.16. The van der Waals surface area contributed by atoms with Gasteiger partial charge in [-0.05, 0) is 31.0 Å². The Hall–Kier alpha value is -2.43. The van der Waals surface area contributed by atoms with Gasteiger partial charge in [0.1, 0.15) is 0 Å². The quantitative estimate of drug-likeness (QED) is 0.785. The molecule has 0 spiro atoms. The van der Waals surface area contributed by atoms with Crippen molar-refractivity contribution in [1.82, 2.24) is 19.9 Å². The van der Waals surface area contributed by atoms with Crippen LogP contribution in [-0.4, -0.2) is 44.8 Å². The summed E-state index contributed by atoms with van der Waals surface area (Å²) in [6.07, 6.45) is -2.24. The molecule has 0 unspecified atom stereocenters. The van der Waals surface area contributed by atoms with Gasteiger partial charge in [0, 0.05) is 17.6 Å². The second-order valence-corrected chi connectivity index (χ2v) is 7.07. The van der Waals surface area contributed by atoms with Gasteiger partial charge in [-0.25, -0.2) is 4.68 Å². The molecular formula is C16H15BrF3N5O2. The van der Waals surface area contributed by atoms with E-state index in [0.29, 0.717) is 12.8 Å². The van der Waals surface area contributed by atoms with Gasteiger partial charge in [-0.1, -0.05) is 21.1 Å². The molecule has 11 heteroatoms. The van der Waals surface area contributed by atoms with Crippen LogP contribution in [0.2, 0.25) is 0 Å². The highest BCUT2D eigenvalue weighted by atomic mass is 79.9. The molecule has 3 rings (SSSR count). The van der Waals surface area contributed by atoms with E-state index in [1.165, 1.54) is 27.9 Å². The number of nitrogens with zero attached hydrogens (tertiary/aromatic N) is 4. The Morgan fingerprint density at radius 3 is 2.44 bits per heavy atom. The molecule has 1 fully saturated rings. The number of primary amides is 1. The number of carbonyl (C=O) groups is 2. The fourth-order valence-corrected chi connectivity index (χ4v) is 3.37. The number of piperidine rings is 1. The van der Waals surface area contributed by atoms with Gasteiger partial charge in [0.15, 0.2) is 5.69 Å². The smallest absolute Gasteiger partial charge is 0.364 e. The summed E-state index contributed by atoms with van der Waals surface area (Å²) in [5, 5.41) is 7.52. The summed E-state index contributed by atoms with van der Waals surface area (Å²) < 4.78 is 41.5. The molecule has 2 heterocycles. The molecule has 0 atom stereocenters. The van der Waals surface area contributed by atoms with Crippen LogP contribution >= 0.6 is 15.9 Å². The minimum absolute atomic E-state index is 0.0400. The van der Waals surface area contributed by atoms with Crippen LogP contribution in [0.1, 0.15) is 45.3 Å². The van der Waals surface area contributed by atoms with Crippen LogP contribution in [0.5, 0.6) is 0 Å². The van der Waals surface area contributed by atoms with Crippen LogP contribution in [0, 0.1) is 0 Å². The molecule has 0 saturated carbocycles. The third-order valence-corrected chi connectivity index (χ3v) is 4.90. The van der Waals surface area contributed by atoms with Gasteiger partial charge in [0.05, 0.1) is 23.4 Å². The number of aromatic nitrogens is 3. The molecule has 1 aliphatic rings. The van der Waals surface area contributed by atoms with Crippen molar-refractivity contribution in [2.75, 3.05) is 13.1 Å². The summed E-state index contributed by atoms with van der Waals surface area (Å²) in [4.78, 5) is 25.1. The molecule has 1 aromatic carbocycles. The Morgan fingerprint density at radius 2 is 1.89 bits per heavy atom. The zero-order chi connectivity index (χ0) is 19.8. The molecule has 1 aromatic heterocycles. The lowest BCUT2D eigenvalue weighted by atomic mass is 10.0. The number of carbonyl (C=O) groups excluding carboxylic acids is 2. The maximum atomic E-state index is 13.3. The third-order valence-electron chi connectivity index (χ3n) is 4.41. The van der Waals surface area contributed by atoms with Crippen LogP contribution < -0.4 is 5.73 Å². The van der Waals surface area contributed by atoms with Crippen LogP contribution in [0.25, 0.3) is 0 Å². The van der Waals surface area contributed by atoms with Gasteiger partial charge < -0.3 is 10.6 Å². The Labute approximate surface area is 160 Å². The van der Waals surface area contributed by atoms with Crippen LogP contribution in [0.3, 0.4) is 0 Å². The number of rotatable bonds is 3. The summed E-state index contributed by atoms with van der Waals surface area (Å²) in [5.41, 5.74) is 3.84. The molecule has 27 heavy (non-hydrogen) atoms. The Morgan fingerprint density at radius 1 is 1.22 bits per heavy atom. The molecule has 1 aliphatic heterocycles. The highest BCUT2D eigenvalue weighted by Crippen LogP contribution is 2.35. The molecule has 144 valence electrons. The summed E-state index contributed by atoms with van der Waals surface area (Å²) >= 11 is 3.01. The van der Waals surface area contributed by atoms with Crippen molar-refractivity contribution in [2.24, 2.45) is 5.73 Å². The van der Waals surface area contributed by atoms with Crippen molar-refractivity contribution >= 4 is 27.7 Å². The van der Waals surface area contributed by atoms with Gasteiger partial charge >= 0.3 is 6.18 Å². The van der Waals surface area contributed by atoms with E-state index in [1.807, 2.05) is 0 Å². The number of halogens is 4. The first-order chi connectivity index (χ1) is 12.7. The molecule has 2 aromatic rings. The molecule has 0 radical (unpaired) electrons. The third kappa shape index (κ3) is 4.12. The van der Waals surface area contributed by atoms with E-state index in [4.69, 9.17) is 5.73 Å². The topological polar surface area (TPSA) is 94.1 Å². The van der Waals surface area contributed by atoms with E-state index >= 15 is 0 Å². The van der Waals surface area contributed by atoms with Crippen LogP contribution in [0.4, 0.5) is 13.2 Å². The molecule has 7 nitrogen and oxygen atoms in total. The van der Waals surface area contributed by atoms with Crippen molar-refractivity contribution in [3.63, 3.8) is 0 Å². The average molecular weight is 446 g/mol. The number of alkyl halides is 3. The van der Waals surface area contributed by atoms with E-state index in [9.17, 15) is 22.8 Å². The molecule has 0 bridgehead atoms. The zero-order valence-electron chi connectivity index (χ0n) is 13.9. The van der Waals surface area contributed by atoms with Gasteiger partial charge in [-0.15, -0.1) is 5.10 Å². The van der Waals surface area contributed by atoms with Gasteiger partial charge in [0.2, 0.25) is 0 Å². The van der Waals surface area contributed by atoms with Crippen molar-refractivity contribution < 1.29 is 22.8 Å². The lowest BCUT2D eigenvalue weighted by Crippen LogP contribution is -2.40. The summed E-state index contributed by atoms with van der Waals surface area (Å²) in [6, 6.07) is 3.39. The van der Waals surface area contributed by atoms with Gasteiger partial charge in [0.25, 0.3) is 11.8 Å². The number of nitrogens with two attached hydrogens (primary N) is 1. The van der Waals surface area contributed by atoms with E-state index in [1.54, 1.807) is 0 Å². The maximum Gasteiger partial charge on any atom is 0.417 e. The summed E-state index contributed by atoms with van der Waals surface area (Å²) in [6.45, 7) is 0.533. The number of likely N-dealkylation sites (tertiary alicyclic amines) is 1. The fraction of sp³-hybridized carbons (Fsp3) is 0.375. The lowest BCUT2D eigenvalue weighted by Gasteiger charge is -2.32. The van der Waals surface area contributed by atoms with Crippen LogP contribution in [-0.2, 0) is 6.18 Å². The Balaban J connectivity index is 1.73. The maximum absolute atomic E-state index is 13.3.